The first kappa shape index (κ1) is 10.9. The first-order valence-electron chi connectivity index (χ1n) is 4.75. The summed E-state index contributed by atoms with van der Waals surface area (Å²) in [6.07, 6.45) is 0. The lowest BCUT2D eigenvalue weighted by Gasteiger charge is -2.30. The summed E-state index contributed by atoms with van der Waals surface area (Å²) in [6, 6.07) is 0.209. The van der Waals surface area contributed by atoms with E-state index in [-0.39, 0.29) is 11.9 Å². The zero-order chi connectivity index (χ0) is 10.8. The fourth-order valence-corrected chi connectivity index (χ4v) is 2.50. The van der Waals surface area contributed by atoms with Crippen LogP contribution in [0.2, 0.25) is 4.47 Å². The van der Waals surface area contributed by atoms with Crippen molar-refractivity contribution in [2.24, 2.45) is 0 Å². The van der Waals surface area contributed by atoms with Crippen LogP contribution in [0.3, 0.4) is 0 Å². The zero-order valence-electron chi connectivity index (χ0n) is 8.36. The number of hydrogen-bond donors (Lipinski definition) is 1. The number of carbonyl (C=O) groups excluding carboxylic acids is 1. The van der Waals surface area contributed by atoms with Crippen LogP contribution in [0.5, 0.6) is 0 Å². The van der Waals surface area contributed by atoms with E-state index >= 15 is 0 Å². The Balaban J connectivity index is 1.97. The van der Waals surface area contributed by atoms with Gasteiger partial charge in [0, 0.05) is 24.5 Å². The highest BCUT2D eigenvalue weighted by molar-refractivity contribution is 7.13. The summed E-state index contributed by atoms with van der Waals surface area (Å²) < 4.78 is 0.555. The molecule has 1 amide bonds. The van der Waals surface area contributed by atoms with E-state index in [4.69, 9.17) is 11.6 Å². The number of carbonyl (C=O) groups is 1. The van der Waals surface area contributed by atoms with Gasteiger partial charge in [-0.3, -0.25) is 9.69 Å². The Bertz CT molecular complexity index is 368. The van der Waals surface area contributed by atoms with Gasteiger partial charge in [-0.15, -0.1) is 11.3 Å². The molecule has 0 aromatic carbocycles. The van der Waals surface area contributed by atoms with E-state index < -0.39 is 0 Å². The molecular formula is C9H12ClN3OS. The van der Waals surface area contributed by atoms with Crippen molar-refractivity contribution in [3.05, 3.63) is 15.5 Å². The minimum atomic E-state index is 0.0788. The van der Waals surface area contributed by atoms with Crippen molar-refractivity contribution in [2.75, 3.05) is 13.1 Å². The van der Waals surface area contributed by atoms with Gasteiger partial charge >= 0.3 is 0 Å². The fraction of sp³-hybridized carbons (Fsp3) is 0.556. The number of hydrogen-bond acceptors (Lipinski definition) is 4. The van der Waals surface area contributed by atoms with E-state index in [1.807, 2.05) is 12.3 Å². The fourth-order valence-electron chi connectivity index (χ4n) is 1.73. The smallest absolute Gasteiger partial charge is 0.234 e. The maximum absolute atomic E-state index is 11.3. The summed E-state index contributed by atoms with van der Waals surface area (Å²) in [5.74, 6) is 0.0788. The van der Waals surface area contributed by atoms with E-state index in [0.717, 1.165) is 12.2 Å². The second-order valence-corrected chi connectivity index (χ2v) is 5.17. The lowest BCUT2D eigenvalue weighted by Crippen LogP contribution is -2.52. The lowest BCUT2D eigenvalue weighted by atomic mass is 10.2. The van der Waals surface area contributed by atoms with Crippen molar-refractivity contribution in [1.29, 1.82) is 0 Å². The average Bonchev–Trinajstić information content (AvgIpc) is 2.49. The standard InChI is InChI=1S/C9H12ClN3OS/c1-6-2-13(4-8(14)11-6)3-7-5-15-9(10)12-7/h5-6H,2-4H2,1H3,(H,11,14). The topological polar surface area (TPSA) is 45.2 Å². The monoisotopic (exact) mass is 245 g/mol. The van der Waals surface area contributed by atoms with Crippen LogP contribution in [0, 0.1) is 0 Å². The number of amides is 1. The predicted molar refractivity (Wildman–Crippen MR) is 60.0 cm³/mol. The number of nitrogens with one attached hydrogen (secondary N) is 1. The zero-order valence-corrected chi connectivity index (χ0v) is 9.94. The Morgan fingerprint density at radius 3 is 3.20 bits per heavy atom. The summed E-state index contributed by atoms with van der Waals surface area (Å²) in [5.41, 5.74) is 0.937. The molecule has 2 heterocycles. The Kier molecular flexibility index (Phi) is 3.23. The molecule has 1 aromatic rings. The van der Waals surface area contributed by atoms with E-state index in [2.05, 4.69) is 15.2 Å². The average molecular weight is 246 g/mol. The van der Waals surface area contributed by atoms with Crippen LogP contribution in [0.1, 0.15) is 12.6 Å². The molecule has 1 N–H and O–H groups in total. The molecule has 0 aliphatic carbocycles. The maximum Gasteiger partial charge on any atom is 0.234 e. The third-order valence-corrected chi connectivity index (χ3v) is 3.24. The Labute approximate surface area is 97.2 Å². The first-order chi connectivity index (χ1) is 7.13. The second-order valence-electron chi connectivity index (χ2n) is 3.73. The van der Waals surface area contributed by atoms with Crippen LogP contribution in [0.25, 0.3) is 0 Å². The first-order valence-corrected chi connectivity index (χ1v) is 6.01. The van der Waals surface area contributed by atoms with Crippen molar-refractivity contribution in [3.8, 4) is 0 Å². The van der Waals surface area contributed by atoms with Gasteiger partial charge in [0.25, 0.3) is 0 Å². The summed E-state index contributed by atoms with van der Waals surface area (Å²) in [7, 11) is 0. The van der Waals surface area contributed by atoms with Gasteiger partial charge in [-0.2, -0.15) is 0 Å². The van der Waals surface area contributed by atoms with Crippen LogP contribution in [-0.4, -0.2) is 34.9 Å². The molecule has 1 unspecified atom stereocenters. The molecule has 1 aliphatic heterocycles. The van der Waals surface area contributed by atoms with Crippen LogP contribution in [0.15, 0.2) is 5.38 Å². The molecule has 0 spiro atoms. The van der Waals surface area contributed by atoms with Gasteiger partial charge in [0.15, 0.2) is 4.47 Å². The van der Waals surface area contributed by atoms with Gasteiger partial charge < -0.3 is 5.32 Å². The molecule has 82 valence electrons. The van der Waals surface area contributed by atoms with Gasteiger partial charge in [0.1, 0.15) is 0 Å². The molecule has 1 aromatic heterocycles. The summed E-state index contributed by atoms with van der Waals surface area (Å²) in [4.78, 5) is 17.5. The van der Waals surface area contributed by atoms with Crippen molar-refractivity contribution in [3.63, 3.8) is 0 Å². The molecule has 2 rings (SSSR count). The Hall–Kier alpha value is -0.650. The van der Waals surface area contributed by atoms with Gasteiger partial charge in [-0.05, 0) is 6.92 Å². The molecule has 0 saturated carbocycles. The van der Waals surface area contributed by atoms with Crippen LogP contribution >= 0.6 is 22.9 Å². The van der Waals surface area contributed by atoms with E-state index in [1.165, 1.54) is 11.3 Å². The molecule has 1 saturated heterocycles. The highest BCUT2D eigenvalue weighted by atomic mass is 35.5. The van der Waals surface area contributed by atoms with Crippen molar-refractivity contribution in [2.45, 2.75) is 19.5 Å². The SMILES string of the molecule is CC1CN(Cc2csc(Cl)n2)CC(=O)N1. The molecule has 15 heavy (non-hydrogen) atoms. The number of nitrogens with zero attached hydrogens (tertiary/aromatic N) is 2. The van der Waals surface area contributed by atoms with E-state index in [1.54, 1.807) is 0 Å². The number of piperazine rings is 1. The van der Waals surface area contributed by atoms with Gasteiger partial charge in [-0.25, -0.2) is 4.98 Å². The molecule has 1 aliphatic rings. The minimum Gasteiger partial charge on any atom is -0.351 e. The van der Waals surface area contributed by atoms with Crippen molar-refractivity contribution < 1.29 is 4.79 Å². The van der Waals surface area contributed by atoms with E-state index in [0.29, 0.717) is 17.6 Å². The molecule has 6 heteroatoms. The van der Waals surface area contributed by atoms with Crippen LogP contribution in [0.4, 0.5) is 0 Å². The third kappa shape index (κ3) is 2.90. The lowest BCUT2D eigenvalue weighted by molar-refractivity contribution is -0.125. The third-order valence-electron chi connectivity index (χ3n) is 2.22. The second kappa shape index (κ2) is 4.47. The molecule has 1 fully saturated rings. The van der Waals surface area contributed by atoms with Crippen molar-refractivity contribution >= 4 is 28.8 Å². The van der Waals surface area contributed by atoms with Gasteiger partial charge in [0.05, 0.1) is 12.2 Å². The highest BCUT2D eigenvalue weighted by Gasteiger charge is 2.21. The maximum atomic E-state index is 11.3. The largest absolute Gasteiger partial charge is 0.351 e. The van der Waals surface area contributed by atoms with Gasteiger partial charge in [0.2, 0.25) is 5.91 Å². The predicted octanol–water partition coefficient (Wildman–Crippen LogP) is 1.12. The summed E-state index contributed by atoms with van der Waals surface area (Å²) in [6.45, 7) is 4.00. The minimum absolute atomic E-state index is 0.0788. The summed E-state index contributed by atoms with van der Waals surface area (Å²) >= 11 is 7.17. The molecule has 1 atom stereocenters. The number of halogens is 1. The van der Waals surface area contributed by atoms with Crippen LogP contribution < -0.4 is 5.32 Å². The quantitative estimate of drug-likeness (QED) is 0.849. The molecule has 4 nitrogen and oxygen atoms in total. The van der Waals surface area contributed by atoms with Crippen LogP contribution in [-0.2, 0) is 11.3 Å². The molecular weight excluding hydrogens is 234 g/mol. The van der Waals surface area contributed by atoms with E-state index in [9.17, 15) is 4.79 Å². The van der Waals surface area contributed by atoms with Gasteiger partial charge in [-0.1, -0.05) is 11.6 Å². The number of rotatable bonds is 2. The molecule has 0 bridgehead atoms. The number of thiazole rings is 1. The van der Waals surface area contributed by atoms with Crippen molar-refractivity contribution in [1.82, 2.24) is 15.2 Å². The normalized spacial score (nSPS) is 22.8. The highest BCUT2D eigenvalue weighted by Crippen LogP contribution is 2.16. The molecule has 0 radical (unpaired) electrons. The number of aromatic nitrogens is 1. The summed E-state index contributed by atoms with van der Waals surface area (Å²) in [5, 5.41) is 4.81. The Morgan fingerprint density at radius 1 is 1.80 bits per heavy atom. The Morgan fingerprint density at radius 2 is 2.60 bits per heavy atom.